The molecule has 0 saturated heterocycles. The minimum absolute atomic E-state index is 0.170. The number of nitrogens with zero attached hydrogens (tertiary/aromatic N) is 1. The SMILES string of the molecule is CCNC(=NCc1ccc(OC)c(NC(C)=O)c1)NCC(C)(O)c1cc(C)oc1C. The first kappa shape index (κ1) is 23.3. The lowest BCUT2D eigenvalue weighted by Crippen LogP contribution is -2.44. The van der Waals surface area contributed by atoms with Gasteiger partial charge in [-0.3, -0.25) is 4.79 Å². The first-order valence-corrected chi connectivity index (χ1v) is 9.92. The molecule has 1 aromatic carbocycles. The molecule has 0 bridgehead atoms. The van der Waals surface area contributed by atoms with E-state index in [1.54, 1.807) is 20.1 Å². The van der Waals surface area contributed by atoms with Crippen LogP contribution in [0.5, 0.6) is 5.75 Å². The second kappa shape index (κ2) is 10.2. The number of nitrogens with one attached hydrogen (secondary N) is 3. The summed E-state index contributed by atoms with van der Waals surface area (Å²) in [5.41, 5.74) is 1.14. The summed E-state index contributed by atoms with van der Waals surface area (Å²) >= 11 is 0. The lowest BCUT2D eigenvalue weighted by molar-refractivity contribution is -0.114. The molecule has 0 aliphatic carbocycles. The molecule has 4 N–H and O–H groups in total. The highest BCUT2D eigenvalue weighted by Crippen LogP contribution is 2.27. The molecule has 2 aromatic rings. The Balaban J connectivity index is 2.12. The summed E-state index contributed by atoms with van der Waals surface area (Å²) in [5.74, 6) is 2.45. The normalized spacial score (nSPS) is 13.5. The first-order valence-electron chi connectivity index (χ1n) is 9.92. The molecule has 2 rings (SSSR count). The number of aliphatic imine (C=N–C) groups is 1. The Morgan fingerprint density at radius 1 is 1.27 bits per heavy atom. The van der Waals surface area contributed by atoms with Crippen molar-refractivity contribution < 1.29 is 19.1 Å². The Labute approximate surface area is 177 Å². The molecule has 164 valence electrons. The number of aliphatic hydroxyl groups is 1. The van der Waals surface area contributed by atoms with Crippen molar-refractivity contribution in [1.29, 1.82) is 0 Å². The van der Waals surface area contributed by atoms with Crippen LogP contribution in [0.25, 0.3) is 0 Å². The van der Waals surface area contributed by atoms with Gasteiger partial charge in [0.15, 0.2) is 5.96 Å². The average molecular weight is 417 g/mol. The fourth-order valence-electron chi connectivity index (χ4n) is 3.17. The summed E-state index contributed by atoms with van der Waals surface area (Å²) in [6.07, 6.45) is 0. The van der Waals surface area contributed by atoms with Crippen molar-refractivity contribution in [3.8, 4) is 5.75 Å². The van der Waals surface area contributed by atoms with Gasteiger partial charge in [-0.05, 0) is 51.5 Å². The van der Waals surface area contributed by atoms with Gasteiger partial charge >= 0.3 is 0 Å². The minimum atomic E-state index is -1.11. The van der Waals surface area contributed by atoms with E-state index in [0.717, 1.165) is 16.9 Å². The van der Waals surface area contributed by atoms with E-state index in [1.807, 2.05) is 39.0 Å². The van der Waals surface area contributed by atoms with Crippen LogP contribution in [-0.4, -0.2) is 37.2 Å². The fourth-order valence-corrected chi connectivity index (χ4v) is 3.17. The van der Waals surface area contributed by atoms with Crippen molar-refractivity contribution in [1.82, 2.24) is 10.6 Å². The zero-order chi connectivity index (χ0) is 22.3. The van der Waals surface area contributed by atoms with Crippen LogP contribution in [0.1, 0.15) is 43.4 Å². The summed E-state index contributed by atoms with van der Waals surface area (Å²) in [4.78, 5) is 16.0. The second-order valence-corrected chi connectivity index (χ2v) is 7.37. The van der Waals surface area contributed by atoms with E-state index in [0.29, 0.717) is 36.2 Å². The van der Waals surface area contributed by atoms with Crippen LogP contribution in [0.15, 0.2) is 33.7 Å². The summed E-state index contributed by atoms with van der Waals surface area (Å²) in [7, 11) is 1.56. The largest absolute Gasteiger partial charge is 0.495 e. The number of carbonyl (C=O) groups excluding carboxylic acids is 1. The van der Waals surface area contributed by atoms with E-state index in [2.05, 4.69) is 20.9 Å². The van der Waals surface area contributed by atoms with Crippen molar-refractivity contribution in [2.75, 3.05) is 25.5 Å². The number of methoxy groups -OCH3 is 1. The van der Waals surface area contributed by atoms with E-state index in [1.165, 1.54) is 6.92 Å². The van der Waals surface area contributed by atoms with Gasteiger partial charge in [-0.2, -0.15) is 0 Å². The molecule has 0 aliphatic heterocycles. The molecule has 1 aromatic heterocycles. The Morgan fingerprint density at radius 3 is 2.57 bits per heavy atom. The standard InChI is InChI=1S/C22H32N4O4/c1-7-23-21(25-13-22(5,28)18-10-14(2)30-15(18)3)24-12-17-8-9-20(29-6)19(11-17)26-16(4)27/h8-11,28H,7,12-13H2,1-6H3,(H,26,27)(H2,23,24,25). The highest BCUT2D eigenvalue weighted by Gasteiger charge is 2.27. The third-order valence-electron chi connectivity index (χ3n) is 4.56. The number of aryl methyl sites for hydroxylation is 2. The molecule has 1 amide bonds. The van der Waals surface area contributed by atoms with Crippen molar-refractivity contribution in [3.63, 3.8) is 0 Å². The third kappa shape index (κ3) is 6.25. The molecular formula is C22H32N4O4. The predicted octanol–water partition coefficient (Wildman–Crippen LogP) is 2.83. The van der Waals surface area contributed by atoms with Gasteiger partial charge in [-0.25, -0.2) is 4.99 Å². The number of ether oxygens (including phenoxy) is 1. The number of benzene rings is 1. The van der Waals surface area contributed by atoms with Crippen LogP contribution in [-0.2, 0) is 16.9 Å². The van der Waals surface area contributed by atoms with Crippen LogP contribution in [0.4, 0.5) is 5.69 Å². The number of guanidine groups is 1. The zero-order valence-electron chi connectivity index (χ0n) is 18.5. The number of anilines is 1. The first-order chi connectivity index (χ1) is 14.2. The lowest BCUT2D eigenvalue weighted by atomic mass is 9.96. The number of hydrogen-bond donors (Lipinski definition) is 4. The number of furan rings is 1. The van der Waals surface area contributed by atoms with Gasteiger partial charge in [-0.1, -0.05) is 6.07 Å². The Hall–Kier alpha value is -3.00. The zero-order valence-corrected chi connectivity index (χ0v) is 18.5. The van der Waals surface area contributed by atoms with Gasteiger partial charge in [-0.15, -0.1) is 0 Å². The van der Waals surface area contributed by atoms with Crippen molar-refractivity contribution in [2.45, 2.75) is 46.8 Å². The molecule has 0 saturated carbocycles. The highest BCUT2D eigenvalue weighted by molar-refractivity contribution is 5.90. The van der Waals surface area contributed by atoms with Crippen LogP contribution in [0, 0.1) is 13.8 Å². The molecule has 30 heavy (non-hydrogen) atoms. The summed E-state index contributed by atoms with van der Waals surface area (Å²) in [6.45, 7) is 10.2. The van der Waals surface area contributed by atoms with E-state index in [4.69, 9.17) is 9.15 Å². The van der Waals surface area contributed by atoms with Gasteiger partial charge in [0.05, 0.1) is 25.9 Å². The Bertz CT molecular complexity index is 903. The monoisotopic (exact) mass is 416 g/mol. The summed E-state index contributed by atoms with van der Waals surface area (Å²) < 4.78 is 10.8. The molecule has 1 heterocycles. The molecule has 8 nitrogen and oxygen atoms in total. The molecule has 1 atom stereocenters. The van der Waals surface area contributed by atoms with Gasteiger partial charge in [0.1, 0.15) is 22.9 Å². The topological polar surface area (TPSA) is 108 Å². The predicted molar refractivity (Wildman–Crippen MR) is 118 cm³/mol. The molecular weight excluding hydrogens is 384 g/mol. The van der Waals surface area contributed by atoms with Crippen LogP contribution < -0.4 is 20.7 Å². The van der Waals surface area contributed by atoms with Gasteiger partial charge in [0.25, 0.3) is 0 Å². The lowest BCUT2D eigenvalue weighted by Gasteiger charge is -2.24. The maximum atomic E-state index is 11.4. The molecule has 0 radical (unpaired) electrons. The Kier molecular flexibility index (Phi) is 7.88. The summed E-state index contributed by atoms with van der Waals surface area (Å²) in [5, 5.41) is 20.0. The number of carbonyl (C=O) groups is 1. The smallest absolute Gasteiger partial charge is 0.221 e. The van der Waals surface area contributed by atoms with Crippen molar-refractivity contribution in [2.24, 2.45) is 4.99 Å². The molecule has 0 fully saturated rings. The van der Waals surface area contributed by atoms with Crippen molar-refractivity contribution in [3.05, 3.63) is 46.9 Å². The number of amides is 1. The van der Waals surface area contributed by atoms with Gasteiger partial charge in [0.2, 0.25) is 5.91 Å². The fraction of sp³-hybridized carbons (Fsp3) is 0.455. The molecule has 0 aliphatic rings. The van der Waals surface area contributed by atoms with Crippen molar-refractivity contribution >= 4 is 17.6 Å². The minimum Gasteiger partial charge on any atom is -0.495 e. The summed E-state index contributed by atoms with van der Waals surface area (Å²) in [6, 6.07) is 7.37. The molecule has 1 unspecified atom stereocenters. The van der Waals surface area contributed by atoms with E-state index >= 15 is 0 Å². The third-order valence-corrected chi connectivity index (χ3v) is 4.56. The maximum Gasteiger partial charge on any atom is 0.221 e. The second-order valence-electron chi connectivity index (χ2n) is 7.37. The average Bonchev–Trinajstić information content (AvgIpc) is 3.03. The van der Waals surface area contributed by atoms with Crippen LogP contribution >= 0.6 is 0 Å². The van der Waals surface area contributed by atoms with Crippen LogP contribution in [0.2, 0.25) is 0 Å². The molecule has 0 spiro atoms. The van der Waals surface area contributed by atoms with E-state index in [-0.39, 0.29) is 12.5 Å². The van der Waals surface area contributed by atoms with Gasteiger partial charge in [0, 0.05) is 19.0 Å². The number of hydrogen-bond acceptors (Lipinski definition) is 5. The van der Waals surface area contributed by atoms with E-state index in [9.17, 15) is 9.90 Å². The number of rotatable bonds is 8. The van der Waals surface area contributed by atoms with Crippen LogP contribution in [0.3, 0.4) is 0 Å². The van der Waals surface area contributed by atoms with Gasteiger partial charge < -0.3 is 30.2 Å². The highest BCUT2D eigenvalue weighted by atomic mass is 16.5. The Morgan fingerprint density at radius 2 is 2.00 bits per heavy atom. The van der Waals surface area contributed by atoms with E-state index < -0.39 is 5.60 Å². The molecule has 8 heteroatoms. The quantitative estimate of drug-likeness (QED) is 0.389. The maximum absolute atomic E-state index is 11.4.